The molecule has 1 unspecified atom stereocenters. The summed E-state index contributed by atoms with van der Waals surface area (Å²) in [5.41, 5.74) is 3.83. The lowest BCUT2D eigenvalue weighted by molar-refractivity contribution is 0.527. The summed E-state index contributed by atoms with van der Waals surface area (Å²) in [5.74, 6) is 0. The Morgan fingerprint density at radius 2 is 1.95 bits per heavy atom. The van der Waals surface area contributed by atoms with Crippen LogP contribution in [0.5, 0.6) is 0 Å². The van der Waals surface area contributed by atoms with Crippen LogP contribution in [0.4, 0.5) is 0 Å². The van der Waals surface area contributed by atoms with E-state index in [1.54, 1.807) is 0 Å². The minimum atomic E-state index is 0.290. The molecule has 1 nitrogen and oxygen atoms in total. The maximum Gasteiger partial charge on any atom is 0.0438 e. The number of hydrogen-bond donors (Lipinski definition) is 1. The molecular weight excluding hydrogens is 346 g/mol. The summed E-state index contributed by atoms with van der Waals surface area (Å²) in [4.78, 5) is 0. The maximum absolute atomic E-state index is 6.32. The Morgan fingerprint density at radius 1 is 1.19 bits per heavy atom. The minimum Gasteiger partial charge on any atom is -0.310 e. The summed E-state index contributed by atoms with van der Waals surface area (Å²) < 4.78 is 1.12. The first kappa shape index (κ1) is 16.5. The molecule has 0 aliphatic rings. The van der Waals surface area contributed by atoms with E-state index in [9.17, 15) is 0 Å². The summed E-state index contributed by atoms with van der Waals surface area (Å²) >= 11 is 9.85. The zero-order valence-corrected chi connectivity index (χ0v) is 14.8. The van der Waals surface area contributed by atoms with E-state index in [2.05, 4.69) is 59.4 Å². The van der Waals surface area contributed by atoms with Crippen LogP contribution in [0.1, 0.15) is 36.1 Å². The summed E-state index contributed by atoms with van der Waals surface area (Å²) in [5, 5.41) is 4.49. The molecule has 21 heavy (non-hydrogen) atoms. The quantitative estimate of drug-likeness (QED) is 0.692. The second kappa shape index (κ2) is 7.98. The lowest BCUT2D eigenvalue weighted by atomic mass is 9.95. The molecule has 0 aliphatic carbocycles. The van der Waals surface area contributed by atoms with Gasteiger partial charge in [0.1, 0.15) is 0 Å². The van der Waals surface area contributed by atoms with E-state index in [0.29, 0.717) is 0 Å². The van der Waals surface area contributed by atoms with Crippen molar-refractivity contribution in [1.29, 1.82) is 0 Å². The number of nitrogens with one attached hydrogen (secondary N) is 1. The van der Waals surface area contributed by atoms with Crippen molar-refractivity contribution in [2.45, 2.75) is 32.7 Å². The van der Waals surface area contributed by atoms with E-state index in [4.69, 9.17) is 11.6 Å². The Balaban J connectivity index is 2.27. The predicted octanol–water partition coefficient (Wildman–Crippen LogP) is 5.69. The SMILES string of the molecule is CCCNC(Cc1ccccc1Cl)c1ccc(Br)cc1C. The fourth-order valence-corrected chi connectivity index (χ4v) is 3.21. The number of hydrogen-bond acceptors (Lipinski definition) is 1. The van der Waals surface area contributed by atoms with Crippen LogP contribution in [-0.2, 0) is 6.42 Å². The summed E-state index contributed by atoms with van der Waals surface area (Å²) in [6.07, 6.45) is 2.02. The average Bonchev–Trinajstić information content (AvgIpc) is 2.46. The largest absolute Gasteiger partial charge is 0.310 e. The van der Waals surface area contributed by atoms with Crippen molar-refractivity contribution < 1.29 is 0 Å². The average molecular weight is 367 g/mol. The maximum atomic E-state index is 6.32. The number of aryl methyl sites for hydroxylation is 1. The van der Waals surface area contributed by atoms with Gasteiger partial charge in [-0.05, 0) is 61.2 Å². The first-order valence-corrected chi connectivity index (χ1v) is 8.51. The van der Waals surface area contributed by atoms with Gasteiger partial charge in [-0.3, -0.25) is 0 Å². The van der Waals surface area contributed by atoms with Crippen molar-refractivity contribution in [3.05, 3.63) is 68.7 Å². The third kappa shape index (κ3) is 4.57. The van der Waals surface area contributed by atoms with Crippen LogP contribution < -0.4 is 5.32 Å². The predicted molar refractivity (Wildman–Crippen MR) is 95.1 cm³/mol. The van der Waals surface area contributed by atoms with Crippen LogP contribution in [-0.4, -0.2) is 6.54 Å². The Bertz CT molecular complexity index is 598. The van der Waals surface area contributed by atoms with E-state index in [0.717, 1.165) is 28.9 Å². The second-order valence-corrected chi connectivity index (χ2v) is 6.63. The van der Waals surface area contributed by atoms with Crippen molar-refractivity contribution in [3.8, 4) is 0 Å². The highest BCUT2D eigenvalue weighted by Gasteiger charge is 2.15. The fraction of sp³-hybridized carbons (Fsp3) is 0.333. The van der Waals surface area contributed by atoms with Crippen molar-refractivity contribution in [2.24, 2.45) is 0 Å². The van der Waals surface area contributed by atoms with Gasteiger partial charge in [-0.1, -0.05) is 58.7 Å². The third-order valence-corrected chi connectivity index (χ3v) is 4.49. The standard InChI is InChI=1S/C18H21BrClN/c1-3-10-21-18(12-14-6-4-5-7-17(14)20)16-9-8-15(19)11-13(16)2/h4-9,11,18,21H,3,10,12H2,1-2H3. The highest BCUT2D eigenvalue weighted by atomic mass is 79.9. The second-order valence-electron chi connectivity index (χ2n) is 5.30. The minimum absolute atomic E-state index is 0.290. The number of benzene rings is 2. The van der Waals surface area contributed by atoms with Crippen molar-refractivity contribution in [2.75, 3.05) is 6.54 Å². The smallest absolute Gasteiger partial charge is 0.0438 e. The van der Waals surface area contributed by atoms with Gasteiger partial charge in [0.25, 0.3) is 0 Å². The molecule has 2 aromatic carbocycles. The highest BCUT2D eigenvalue weighted by molar-refractivity contribution is 9.10. The first-order chi connectivity index (χ1) is 10.1. The Hall–Kier alpha value is -0.830. The molecule has 0 saturated heterocycles. The molecule has 0 bridgehead atoms. The molecule has 0 amide bonds. The molecule has 112 valence electrons. The van der Waals surface area contributed by atoms with Gasteiger partial charge in [0.05, 0.1) is 0 Å². The molecule has 2 aromatic rings. The Kier molecular flexibility index (Phi) is 6.28. The lowest BCUT2D eigenvalue weighted by Gasteiger charge is -2.22. The normalized spacial score (nSPS) is 12.4. The molecule has 0 saturated carbocycles. The van der Waals surface area contributed by atoms with Gasteiger partial charge in [-0.15, -0.1) is 0 Å². The summed E-state index contributed by atoms with van der Waals surface area (Å²) in [6.45, 7) is 5.35. The van der Waals surface area contributed by atoms with E-state index in [1.165, 1.54) is 16.7 Å². The molecule has 1 N–H and O–H groups in total. The lowest BCUT2D eigenvalue weighted by Crippen LogP contribution is -2.25. The van der Waals surface area contributed by atoms with Crippen molar-refractivity contribution in [3.63, 3.8) is 0 Å². The first-order valence-electron chi connectivity index (χ1n) is 7.34. The van der Waals surface area contributed by atoms with Gasteiger partial charge >= 0.3 is 0 Å². The van der Waals surface area contributed by atoms with Gasteiger partial charge in [-0.2, -0.15) is 0 Å². The molecular formula is C18H21BrClN. The van der Waals surface area contributed by atoms with Crippen LogP contribution in [0, 0.1) is 6.92 Å². The van der Waals surface area contributed by atoms with E-state index < -0.39 is 0 Å². The topological polar surface area (TPSA) is 12.0 Å². The van der Waals surface area contributed by atoms with Crippen LogP contribution in [0.15, 0.2) is 46.9 Å². The highest BCUT2D eigenvalue weighted by Crippen LogP contribution is 2.27. The summed E-state index contributed by atoms with van der Waals surface area (Å²) in [7, 11) is 0. The molecule has 3 heteroatoms. The Morgan fingerprint density at radius 3 is 2.62 bits per heavy atom. The van der Waals surface area contributed by atoms with Gasteiger partial charge in [0, 0.05) is 15.5 Å². The third-order valence-electron chi connectivity index (χ3n) is 3.63. The molecule has 1 atom stereocenters. The molecule has 2 rings (SSSR count). The number of rotatable bonds is 6. The van der Waals surface area contributed by atoms with Crippen molar-refractivity contribution in [1.82, 2.24) is 5.32 Å². The molecule has 0 radical (unpaired) electrons. The van der Waals surface area contributed by atoms with E-state index >= 15 is 0 Å². The number of halogens is 2. The molecule has 0 aliphatic heterocycles. The molecule has 0 spiro atoms. The summed E-state index contributed by atoms with van der Waals surface area (Å²) in [6, 6.07) is 14.9. The van der Waals surface area contributed by atoms with Gasteiger partial charge in [0.15, 0.2) is 0 Å². The van der Waals surface area contributed by atoms with Crippen molar-refractivity contribution >= 4 is 27.5 Å². The molecule has 0 aromatic heterocycles. The zero-order valence-electron chi connectivity index (χ0n) is 12.5. The Labute approximate surface area is 140 Å². The molecule has 0 fully saturated rings. The zero-order chi connectivity index (χ0) is 15.2. The van der Waals surface area contributed by atoms with E-state index in [1.807, 2.05) is 18.2 Å². The van der Waals surface area contributed by atoms with Gasteiger partial charge < -0.3 is 5.32 Å². The van der Waals surface area contributed by atoms with Crippen LogP contribution in [0.25, 0.3) is 0 Å². The van der Waals surface area contributed by atoms with Gasteiger partial charge in [0.2, 0.25) is 0 Å². The molecule has 0 heterocycles. The van der Waals surface area contributed by atoms with Crippen LogP contribution in [0.2, 0.25) is 5.02 Å². The van der Waals surface area contributed by atoms with E-state index in [-0.39, 0.29) is 6.04 Å². The van der Waals surface area contributed by atoms with Crippen LogP contribution in [0.3, 0.4) is 0 Å². The van der Waals surface area contributed by atoms with Crippen LogP contribution >= 0.6 is 27.5 Å². The van der Waals surface area contributed by atoms with Gasteiger partial charge in [-0.25, -0.2) is 0 Å². The fourth-order valence-electron chi connectivity index (χ4n) is 2.52. The monoisotopic (exact) mass is 365 g/mol.